The average molecular weight is 764 g/mol. The lowest BCUT2D eigenvalue weighted by Gasteiger charge is -2.38. The number of carbonyl (C=O) groups is 3. The van der Waals surface area contributed by atoms with E-state index in [1.807, 2.05) is 12.1 Å². The number of nitrogens with zero attached hydrogens (tertiary/aromatic N) is 3. The van der Waals surface area contributed by atoms with Gasteiger partial charge >= 0.3 is 6.03 Å². The van der Waals surface area contributed by atoms with Crippen LogP contribution in [0, 0.1) is 0 Å². The maximum Gasteiger partial charge on any atom is 0.334 e. The van der Waals surface area contributed by atoms with E-state index < -0.39 is 17.8 Å². The molecule has 314 valence electrons. The fourth-order valence-electron chi connectivity index (χ4n) is 7.99. The topological polar surface area (TPSA) is 60.9 Å². The Kier molecular flexibility index (Phi) is 26.9. The van der Waals surface area contributed by atoms with E-state index in [2.05, 4.69) is 30.9 Å². The van der Waals surface area contributed by atoms with Crippen LogP contribution in [0.4, 0.5) is 10.5 Å². The van der Waals surface area contributed by atoms with E-state index in [9.17, 15) is 14.4 Å². The van der Waals surface area contributed by atoms with Crippen molar-refractivity contribution >= 4 is 29.6 Å². The Bertz CT molecular complexity index is 1130. The summed E-state index contributed by atoms with van der Waals surface area (Å²) in [6.45, 7) is 13.9. The number of unbranched alkanes of at least 4 members (excludes halogenated alkanes) is 26. The van der Waals surface area contributed by atoms with Gasteiger partial charge in [-0.05, 0) is 64.3 Å². The van der Waals surface area contributed by atoms with E-state index in [4.69, 9.17) is 0 Å². The Morgan fingerprint density at radius 3 is 1.04 bits per heavy atom. The molecule has 1 aromatic rings. The van der Waals surface area contributed by atoms with Crippen LogP contribution in [0.2, 0.25) is 0 Å². The second kappa shape index (κ2) is 30.5. The predicted octanol–water partition coefficient (Wildman–Crippen LogP) is 14.4. The highest BCUT2D eigenvalue weighted by Gasteiger charge is 2.44. The van der Waals surface area contributed by atoms with Gasteiger partial charge in [-0.15, -0.1) is 0 Å². The molecule has 0 atom stereocenters. The van der Waals surface area contributed by atoms with Crippen molar-refractivity contribution in [2.45, 2.75) is 233 Å². The van der Waals surface area contributed by atoms with Gasteiger partial charge in [-0.1, -0.05) is 193 Å². The Balaban J connectivity index is 1.88. The average Bonchev–Trinajstić information content (AvgIpc) is 3.16. The third kappa shape index (κ3) is 19.9. The van der Waals surface area contributed by atoms with Crippen LogP contribution in [0.25, 0.3) is 6.08 Å². The predicted molar refractivity (Wildman–Crippen MR) is 237 cm³/mol. The molecule has 6 nitrogen and oxygen atoms in total. The van der Waals surface area contributed by atoms with E-state index in [1.54, 1.807) is 33.8 Å². The highest BCUT2D eigenvalue weighted by molar-refractivity contribution is 6.31. The molecule has 0 aliphatic carbocycles. The van der Waals surface area contributed by atoms with E-state index in [-0.39, 0.29) is 17.7 Å². The molecule has 0 radical (unpaired) electrons. The SMILES string of the molecule is CCCCCCCCCCCCCCCCN(CCCCCCCCCCCCCCCC)c1ccc(C=C2C(=O)N(C(C)C)C(=O)N(C(C)C)C2=O)cc1. The Morgan fingerprint density at radius 1 is 0.455 bits per heavy atom. The Hall–Kier alpha value is -2.63. The molecule has 1 aliphatic rings. The van der Waals surface area contributed by atoms with Crippen LogP contribution in [0.3, 0.4) is 0 Å². The lowest BCUT2D eigenvalue weighted by Crippen LogP contribution is -2.60. The number of hydrogen-bond acceptors (Lipinski definition) is 4. The molecule has 0 aromatic heterocycles. The first-order valence-corrected chi connectivity index (χ1v) is 23.5. The summed E-state index contributed by atoms with van der Waals surface area (Å²) in [5, 5.41) is 0. The maximum atomic E-state index is 13.3. The van der Waals surface area contributed by atoms with Crippen molar-refractivity contribution in [1.82, 2.24) is 9.80 Å². The van der Waals surface area contributed by atoms with Crippen molar-refractivity contribution in [2.75, 3.05) is 18.0 Å². The molecule has 1 fully saturated rings. The third-order valence-electron chi connectivity index (χ3n) is 11.5. The normalized spacial score (nSPS) is 13.6. The van der Waals surface area contributed by atoms with E-state index in [1.165, 1.54) is 195 Å². The van der Waals surface area contributed by atoms with Crippen LogP contribution in [-0.4, -0.2) is 52.8 Å². The smallest absolute Gasteiger partial charge is 0.334 e. The summed E-state index contributed by atoms with van der Waals surface area (Å²) < 4.78 is 0. The summed E-state index contributed by atoms with van der Waals surface area (Å²) >= 11 is 0. The minimum Gasteiger partial charge on any atom is -0.372 e. The molecule has 0 unspecified atom stereocenters. The molecule has 55 heavy (non-hydrogen) atoms. The standard InChI is InChI=1S/C49H85N3O3/c1-7-9-11-13-15-17-19-21-23-25-27-29-31-33-39-50(40-34-32-30-28-26-24-22-20-18-16-14-12-10-8-2)45-37-35-44(36-38-45)41-46-47(53)51(42(3)4)49(55)52(43(5)6)48(46)54/h35-38,41-43H,7-34,39-40H2,1-6H3. The van der Waals surface area contributed by atoms with Gasteiger partial charge in [0.05, 0.1) is 0 Å². The molecule has 0 bridgehead atoms. The van der Waals surface area contributed by atoms with Gasteiger partial charge in [0, 0.05) is 30.9 Å². The second-order valence-electron chi connectivity index (χ2n) is 17.1. The maximum absolute atomic E-state index is 13.3. The number of carbonyl (C=O) groups excluding carboxylic acids is 3. The summed E-state index contributed by atoms with van der Waals surface area (Å²) in [6.07, 6.45) is 39.9. The zero-order valence-electron chi connectivity index (χ0n) is 36.8. The molecule has 1 aliphatic heterocycles. The number of rotatable bonds is 34. The van der Waals surface area contributed by atoms with Gasteiger partial charge in [0.2, 0.25) is 0 Å². The van der Waals surface area contributed by atoms with E-state index in [0.717, 1.165) is 18.7 Å². The van der Waals surface area contributed by atoms with Gasteiger partial charge in [-0.2, -0.15) is 0 Å². The fourth-order valence-corrected chi connectivity index (χ4v) is 7.99. The zero-order valence-corrected chi connectivity index (χ0v) is 36.8. The summed E-state index contributed by atoms with van der Waals surface area (Å²) in [6, 6.07) is 7.11. The molecular weight excluding hydrogens is 679 g/mol. The largest absolute Gasteiger partial charge is 0.372 e. The molecule has 1 saturated heterocycles. The summed E-state index contributed by atoms with van der Waals surface area (Å²) in [4.78, 5) is 44.6. The van der Waals surface area contributed by atoms with Crippen LogP contribution in [0.5, 0.6) is 0 Å². The molecule has 6 heteroatoms. The van der Waals surface area contributed by atoms with Crippen molar-refractivity contribution in [1.29, 1.82) is 0 Å². The van der Waals surface area contributed by atoms with Gasteiger partial charge in [-0.25, -0.2) is 4.79 Å². The molecule has 1 aromatic carbocycles. The van der Waals surface area contributed by atoms with Gasteiger partial charge in [0.1, 0.15) is 5.57 Å². The Morgan fingerprint density at radius 2 is 0.745 bits per heavy atom. The van der Waals surface area contributed by atoms with Crippen molar-refractivity contribution in [3.8, 4) is 0 Å². The van der Waals surface area contributed by atoms with Crippen LogP contribution in [0.15, 0.2) is 29.8 Å². The fraction of sp³-hybridized carbons (Fsp3) is 0.776. The monoisotopic (exact) mass is 764 g/mol. The number of urea groups is 1. The number of benzene rings is 1. The van der Waals surface area contributed by atoms with Gasteiger partial charge in [-0.3, -0.25) is 19.4 Å². The lowest BCUT2D eigenvalue weighted by molar-refractivity contribution is -0.137. The Labute approximate surface area is 339 Å². The summed E-state index contributed by atoms with van der Waals surface area (Å²) in [5.41, 5.74) is 2.06. The summed E-state index contributed by atoms with van der Waals surface area (Å²) in [5.74, 6) is -1.02. The molecule has 0 saturated carbocycles. The van der Waals surface area contributed by atoms with Gasteiger partial charge < -0.3 is 4.90 Å². The minimum absolute atomic E-state index is 0.0522. The molecule has 4 amide bonds. The molecule has 2 rings (SSSR count). The van der Waals surface area contributed by atoms with E-state index in [0.29, 0.717) is 0 Å². The van der Waals surface area contributed by atoms with Crippen LogP contribution < -0.4 is 4.90 Å². The number of amides is 4. The summed E-state index contributed by atoms with van der Waals surface area (Å²) in [7, 11) is 0. The third-order valence-corrected chi connectivity index (χ3v) is 11.5. The quantitative estimate of drug-likeness (QED) is 0.0398. The molecule has 1 heterocycles. The van der Waals surface area contributed by atoms with Crippen molar-refractivity contribution in [2.24, 2.45) is 0 Å². The van der Waals surface area contributed by atoms with Crippen molar-refractivity contribution < 1.29 is 14.4 Å². The molecule has 0 N–H and O–H groups in total. The lowest BCUT2D eigenvalue weighted by atomic mass is 10.0. The van der Waals surface area contributed by atoms with Gasteiger partial charge in [0.15, 0.2) is 0 Å². The van der Waals surface area contributed by atoms with Crippen LogP contribution in [0.1, 0.15) is 227 Å². The number of hydrogen-bond donors (Lipinski definition) is 0. The number of anilines is 1. The van der Waals surface area contributed by atoms with Gasteiger partial charge in [0.25, 0.3) is 11.8 Å². The van der Waals surface area contributed by atoms with Crippen molar-refractivity contribution in [3.05, 3.63) is 35.4 Å². The molecular formula is C49H85N3O3. The number of imide groups is 2. The highest BCUT2D eigenvalue weighted by atomic mass is 16.2. The zero-order chi connectivity index (χ0) is 40.1. The van der Waals surface area contributed by atoms with Crippen LogP contribution >= 0.6 is 0 Å². The van der Waals surface area contributed by atoms with Crippen LogP contribution in [-0.2, 0) is 9.59 Å². The minimum atomic E-state index is -0.532. The van der Waals surface area contributed by atoms with Crippen molar-refractivity contribution in [3.63, 3.8) is 0 Å². The first-order valence-electron chi connectivity index (χ1n) is 23.5. The number of barbiturate groups is 1. The first-order chi connectivity index (χ1) is 26.7. The molecule has 0 spiro atoms. The second-order valence-corrected chi connectivity index (χ2v) is 17.1. The van der Waals surface area contributed by atoms with E-state index >= 15 is 0 Å². The highest BCUT2D eigenvalue weighted by Crippen LogP contribution is 2.26. The first kappa shape index (κ1) is 48.5.